The number of carbonyl (C=O) groups is 4. The van der Waals surface area contributed by atoms with Crippen LogP contribution < -0.4 is 19.7 Å². The second kappa shape index (κ2) is 17.8. The van der Waals surface area contributed by atoms with E-state index in [0.717, 1.165) is 10.5 Å². The number of amides is 3. The topological polar surface area (TPSA) is 155 Å². The van der Waals surface area contributed by atoms with Crippen molar-refractivity contribution >= 4 is 29.6 Å². The first kappa shape index (κ1) is 42.6. The quantitative estimate of drug-likeness (QED) is 0.0923. The number of rotatable bonds is 10. The van der Waals surface area contributed by atoms with Gasteiger partial charge in [0.25, 0.3) is 0 Å². The SMILES string of the molecule is COc1ccc(C#Cc2ccc3c(c2)[C@]2(C(=O)N3C(=O)N[C@H](C)c3ccccc3)[C@H](C(=O)O)[C@H]3C(=O)O[C@H](c4ccccc4)[C@H](c4ccccc4)N3[C@@H]2c2cccc(OCCO)c2)cc1. The minimum absolute atomic E-state index is 0.0378. The maximum Gasteiger partial charge on any atom is 0.329 e. The molecule has 0 unspecified atom stereocenters. The second-order valence-electron chi connectivity index (χ2n) is 16.2. The monoisotopic (exact) mass is 867 g/mol. The Morgan fingerprint density at radius 2 is 1.38 bits per heavy atom. The first-order chi connectivity index (χ1) is 31.6. The van der Waals surface area contributed by atoms with Gasteiger partial charge in [-0.05, 0) is 89.3 Å². The molecule has 2 saturated heterocycles. The number of cyclic esters (lactones) is 1. The molecule has 3 N–H and O–H groups in total. The number of carboxylic acid groups (broad SMARTS) is 1. The van der Waals surface area contributed by atoms with Crippen molar-refractivity contribution in [1.82, 2.24) is 10.2 Å². The van der Waals surface area contributed by atoms with Crippen LogP contribution in [0.15, 0.2) is 158 Å². The minimum Gasteiger partial charge on any atom is -0.497 e. The molecule has 6 aromatic rings. The zero-order chi connectivity index (χ0) is 45.2. The summed E-state index contributed by atoms with van der Waals surface area (Å²) in [7, 11) is 1.57. The van der Waals surface area contributed by atoms with Crippen LogP contribution in [-0.2, 0) is 24.5 Å². The van der Waals surface area contributed by atoms with Crippen LogP contribution in [0.5, 0.6) is 11.5 Å². The summed E-state index contributed by atoms with van der Waals surface area (Å²) in [5, 5.41) is 24.4. The van der Waals surface area contributed by atoms with Gasteiger partial charge in [-0.3, -0.25) is 19.3 Å². The zero-order valence-corrected chi connectivity index (χ0v) is 35.5. The van der Waals surface area contributed by atoms with E-state index in [1.54, 1.807) is 80.8 Å². The number of fused-ring (bicyclic) bond motifs is 3. The molecule has 2 fully saturated rings. The lowest BCUT2D eigenvalue weighted by Gasteiger charge is -2.46. The van der Waals surface area contributed by atoms with Crippen LogP contribution in [0.25, 0.3) is 0 Å². The minimum atomic E-state index is -2.16. The van der Waals surface area contributed by atoms with E-state index in [2.05, 4.69) is 17.2 Å². The molecule has 0 aliphatic carbocycles. The molecule has 0 radical (unpaired) electrons. The van der Waals surface area contributed by atoms with Crippen LogP contribution in [0.1, 0.15) is 70.1 Å². The van der Waals surface area contributed by atoms with E-state index < -0.39 is 65.5 Å². The number of benzene rings is 6. The van der Waals surface area contributed by atoms with Gasteiger partial charge < -0.3 is 29.7 Å². The van der Waals surface area contributed by atoms with E-state index in [1.165, 1.54) is 0 Å². The molecule has 0 bridgehead atoms. The fourth-order valence-corrected chi connectivity index (χ4v) is 9.80. The van der Waals surface area contributed by atoms with Crippen LogP contribution in [0, 0.1) is 17.8 Å². The van der Waals surface area contributed by atoms with Crippen molar-refractivity contribution in [3.8, 4) is 23.3 Å². The molecular formula is C53H45N3O9. The van der Waals surface area contributed by atoms with Crippen molar-refractivity contribution in [2.75, 3.05) is 25.2 Å². The third kappa shape index (κ3) is 7.54. The van der Waals surface area contributed by atoms with Crippen LogP contribution in [0.2, 0.25) is 0 Å². The van der Waals surface area contributed by atoms with Gasteiger partial charge in [-0.15, -0.1) is 0 Å². The third-order valence-corrected chi connectivity index (χ3v) is 12.5. The molecule has 3 aliphatic heterocycles. The number of aliphatic carboxylic acids is 1. The first-order valence-corrected chi connectivity index (χ1v) is 21.3. The number of imide groups is 1. The van der Waals surface area contributed by atoms with Crippen molar-refractivity contribution < 1.29 is 43.6 Å². The van der Waals surface area contributed by atoms with Crippen molar-refractivity contribution in [1.29, 1.82) is 0 Å². The number of morpholine rings is 1. The van der Waals surface area contributed by atoms with Crippen molar-refractivity contribution in [3.05, 3.63) is 197 Å². The largest absolute Gasteiger partial charge is 0.497 e. The predicted molar refractivity (Wildman–Crippen MR) is 241 cm³/mol. The van der Waals surface area contributed by atoms with Gasteiger partial charge in [0.2, 0.25) is 5.91 Å². The van der Waals surface area contributed by atoms with E-state index in [9.17, 15) is 24.6 Å². The van der Waals surface area contributed by atoms with Gasteiger partial charge in [0.05, 0.1) is 37.5 Å². The summed E-state index contributed by atoms with van der Waals surface area (Å²) in [5.41, 5.74) is 1.88. The number of nitrogens with zero attached hydrogens (tertiary/aromatic N) is 2. The van der Waals surface area contributed by atoms with Crippen molar-refractivity contribution in [2.24, 2.45) is 5.92 Å². The number of carboxylic acids is 1. The van der Waals surface area contributed by atoms with Gasteiger partial charge in [0.1, 0.15) is 41.6 Å². The number of nitrogens with one attached hydrogen (secondary N) is 1. The number of anilines is 1. The van der Waals surface area contributed by atoms with E-state index in [0.29, 0.717) is 39.3 Å². The Bertz CT molecular complexity index is 2810. The molecule has 12 nitrogen and oxygen atoms in total. The Balaban J connectivity index is 1.32. The van der Waals surface area contributed by atoms with Gasteiger partial charge in [-0.1, -0.05) is 115 Å². The molecule has 12 heteroatoms. The molecule has 3 heterocycles. The smallest absolute Gasteiger partial charge is 0.329 e. The number of hydrogen-bond acceptors (Lipinski definition) is 9. The lowest BCUT2D eigenvalue weighted by molar-refractivity contribution is -0.179. The first-order valence-electron chi connectivity index (χ1n) is 21.3. The molecule has 65 heavy (non-hydrogen) atoms. The van der Waals surface area contributed by atoms with Gasteiger partial charge >= 0.3 is 18.0 Å². The highest BCUT2D eigenvalue weighted by Crippen LogP contribution is 2.66. The van der Waals surface area contributed by atoms with Crippen molar-refractivity contribution in [2.45, 2.75) is 42.6 Å². The summed E-state index contributed by atoms with van der Waals surface area (Å²) in [6, 6.07) is 41.9. The highest BCUT2D eigenvalue weighted by Gasteiger charge is 2.76. The van der Waals surface area contributed by atoms with E-state index in [1.807, 2.05) is 95.9 Å². The summed E-state index contributed by atoms with van der Waals surface area (Å²) in [6.45, 7) is 1.48. The maximum atomic E-state index is 16.2. The van der Waals surface area contributed by atoms with Gasteiger partial charge in [-0.2, -0.15) is 0 Å². The average molecular weight is 868 g/mol. The fourth-order valence-electron chi connectivity index (χ4n) is 9.80. The number of carbonyl (C=O) groups excluding carboxylic acids is 3. The molecule has 7 atom stereocenters. The molecule has 9 rings (SSSR count). The molecule has 6 aromatic carbocycles. The summed E-state index contributed by atoms with van der Waals surface area (Å²) in [5.74, 6) is 2.45. The van der Waals surface area contributed by atoms with Gasteiger partial charge in [-0.25, -0.2) is 9.69 Å². The summed E-state index contributed by atoms with van der Waals surface area (Å²) in [4.78, 5) is 63.2. The third-order valence-electron chi connectivity index (χ3n) is 12.5. The maximum absolute atomic E-state index is 16.2. The number of urea groups is 1. The number of hydrogen-bond donors (Lipinski definition) is 3. The lowest BCUT2D eigenvalue weighted by Crippen LogP contribution is -2.54. The molecule has 3 aliphatic rings. The van der Waals surface area contributed by atoms with Gasteiger partial charge in [0.15, 0.2) is 0 Å². The Morgan fingerprint density at radius 3 is 2.05 bits per heavy atom. The van der Waals surface area contributed by atoms with E-state index >= 15 is 4.79 Å². The number of ether oxygens (including phenoxy) is 3. The van der Waals surface area contributed by atoms with E-state index in [4.69, 9.17) is 14.2 Å². The summed E-state index contributed by atoms with van der Waals surface area (Å²) < 4.78 is 17.6. The molecule has 1 spiro atoms. The predicted octanol–water partition coefficient (Wildman–Crippen LogP) is 7.69. The normalized spacial score (nSPS) is 22.5. The molecule has 0 saturated carbocycles. The lowest BCUT2D eigenvalue weighted by atomic mass is 9.65. The fraction of sp³-hybridized carbons (Fsp3) is 0.208. The Morgan fingerprint density at radius 1 is 0.754 bits per heavy atom. The highest BCUT2D eigenvalue weighted by molar-refractivity contribution is 6.24. The van der Waals surface area contributed by atoms with Crippen LogP contribution in [0.3, 0.4) is 0 Å². The number of aliphatic hydroxyl groups excluding tert-OH is 1. The molecular weight excluding hydrogens is 823 g/mol. The average Bonchev–Trinajstić information content (AvgIpc) is 3.80. The molecule has 0 aromatic heterocycles. The Labute approximate surface area is 376 Å². The van der Waals surface area contributed by atoms with Crippen LogP contribution >= 0.6 is 0 Å². The van der Waals surface area contributed by atoms with Gasteiger partial charge in [0, 0.05) is 11.1 Å². The second-order valence-corrected chi connectivity index (χ2v) is 16.2. The Kier molecular flexibility index (Phi) is 11.7. The zero-order valence-electron chi connectivity index (χ0n) is 35.5. The summed E-state index contributed by atoms with van der Waals surface area (Å²) >= 11 is 0. The number of aliphatic hydroxyl groups is 1. The van der Waals surface area contributed by atoms with Crippen LogP contribution in [0.4, 0.5) is 10.5 Å². The number of esters is 1. The highest BCUT2D eigenvalue weighted by atomic mass is 16.6. The summed E-state index contributed by atoms with van der Waals surface area (Å²) in [6.07, 6.45) is -0.952. The standard InChI is InChI=1S/C53H45N3O9/c1-33(36-13-6-3-7-14-36)54-52(62)55-43-28-25-35(22-21-34-23-26-40(63-2)27-24-34)31-42(43)53(51(55)61)44(49(58)59)46-50(60)65-47(38-17-10-5-11-18-38)45(37-15-8-4-9-16-37)56(46)48(53)39-19-12-20-41(32-39)64-30-29-57/h3-20,23-28,31-33,44-48,57H,29-30H2,1-2H3,(H,54,62)(H,58,59)/t33-,44+,45+,46+,47-,48-,53+/m1/s1. The number of methoxy groups -OCH3 is 1. The van der Waals surface area contributed by atoms with Crippen molar-refractivity contribution in [3.63, 3.8) is 0 Å². The van der Waals surface area contributed by atoms with E-state index in [-0.39, 0.29) is 24.5 Å². The Hall–Kier alpha value is -7.72. The van der Waals surface area contributed by atoms with Crippen LogP contribution in [-0.4, -0.2) is 65.4 Å². The molecule has 326 valence electrons. The molecule has 3 amide bonds.